The Labute approximate surface area is 143 Å². The average Bonchev–Trinajstić information content (AvgIpc) is 3.24. The van der Waals surface area contributed by atoms with E-state index in [1.165, 1.54) is 17.5 Å². The third kappa shape index (κ3) is 3.48. The molecule has 0 aromatic carbocycles. The van der Waals surface area contributed by atoms with E-state index in [9.17, 15) is 9.59 Å². The first-order valence-electron chi connectivity index (χ1n) is 8.10. The maximum atomic E-state index is 12.6. The second-order valence-corrected chi connectivity index (χ2v) is 7.02. The van der Waals surface area contributed by atoms with Gasteiger partial charge in [0, 0.05) is 19.3 Å². The Balaban J connectivity index is 1.59. The fourth-order valence-corrected chi connectivity index (χ4v) is 3.86. The molecule has 1 aliphatic rings. The molecule has 1 aliphatic heterocycles. The number of carbonyl (C=O) groups is 2. The standard InChI is InChI=1S/C16H20N4O3S/c1-2-3-14-17-9-13(24-14)15(21)19-6-4-12(5-7-19)20-10-11(8-18-20)16(22)23/h8-10,12H,2-7H2,1H3,(H,22,23). The molecular formula is C16H20N4O3S. The summed E-state index contributed by atoms with van der Waals surface area (Å²) in [6, 6.07) is 0.138. The van der Waals surface area contributed by atoms with Crippen LogP contribution in [0.15, 0.2) is 18.6 Å². The Bertz CT molecular complexity index is 731. The lowest BCUT2D eigenvalue weighted by Crippen LogP contribution is -2.38. The van der Waals surface area contributed by atoms with Gasteiger partial charge in [-0.3, -0.25) is 9.48 Å². The minimum Gasteiger partial charge on any atom is -0.478 e. The van der Waals surface area contributed by atoms with E-state index in [-0.39, 0.29) is 17.5 Å². The summed E-state index contributed by atoms with van der Waals surface area (Å²) in [6.45, 7) is 3.39. The van der Waals surface area contributed by atoms with Crippen LogP contribution in [0, 0.1) is 0 Å². The van der Waals surface area contributed by atoms with Gasteiger partial charge in [-0.2, -0.15) is 5.10 Å². The van der Waals surface area contributed by atoms with Crippen molar-refractivity contribution in [2.45, 2.75) is 38.6 Å². The van der Waals surface area contributed by atoms with Crippen LogP contribution in [-0.4, -0.2) is 49.7 Å². The first-order valence-corrected chi connectivity index (χ1v) is 8.91. The van der Waals surface area contributed by atoms with Gasteiger partial charge in [0.25, 0.3) is 5.91 Å². The molecular weight excluding hydrogens is 328 g/mol. The van der Waals surface area contributed by atoms with E-state index in [1.54, 1.807) is 17.1 Å². The minimum atomic E-state index is -0.970. The number of aromatic nitrogens is 3. The zero-order valence-corrected chi connectivity index (χ0v) is 14.3. The molecule has 7 nitrogen and oxygen atoms in total. The number of carboxylic acids is 1. The van der Waals surface area contributed by atoms with Gasteiger partial charge >= 0.3 is 5.97 Å². The van der Waals surface area contributed by atoms with Crippen LogP contribution in [0.3, 0.4) is 0 Å². The Hall–Kier alpha value is -2.22. The highest BCUT2D eigenvalue weighted by Gasteiger charge is 2.26. The number of aromatic carboxylic acids is 1. The van der Waals surface area contributed by atoms with Crippen molar-refractivity contribution in [3.63, 3.8) is 0 Å². The second kappa shape index (κ2) is 7.12. The molecule has 8 heteroatoms. The van der Waals surface area contributed by atoms with Crippen LogP contribution >= 0.6 is 11.3 Å². The second-order valence-electron chi connectivity index (χ2n) is 5.91. The number of carbonyl (C=O) groups excluding carboxylic acids is 1. The molecule has 2 aromatic heterocycles. The Kier molecular flexibility index (Phi) is 4.94. The van der Waals surface area contributed by atoms with Crippen LogP contribution in [-0.2, 0) is 6.42 Å². The van der Waals surface area contributed by atoms with Crippen molar-refractivity contribution < 1.29 is 14.7 Å². The molecule has 3 rings (SSSR count). The van der Waals surface area contributed by atoms with Crippen LogP contribution in [0.1, 0.15) is 57.3 Å². The van der Waals surface area contributed by atoms with Crippen LogP contribution in [0.2, 0.25) is 0 Å². The molecule has 0 atom stereocenters. The van der Waals surface area contributed by atoms with E-state index < -0.39 is 5.97 Å². The zero-order chi connectivity index (χ0) is 17.1. The Morgan fingerprint density at radius 1 is 1.33 bits per heavy atom. The SMILES string of the molecule is CCCc1ncc(C(=O)N2CCC(n3cc(C(=O)O)cn3)CC2)s1. The Morgan fingerprint density at radius 2 is 2.08 bits per heavy atom. The highest BCUT2D eigenvalue weighted by atomic mass is 32.1. The quantitative estimate of drug-likeness (QED) is 0.897. The van der Waals surface area contributed by atoms with E-state index in [0.717, 1.165) is 30.7 Å². The molecule has 0 radical (unpaired) electrons. The van der Waals surface area contributed by atoms with Crippen molar-refractivity contribution in [2.75, 3.05) is 13.1 Å². The van der Waals surface area contributed by atoms with Gasteiger partial charge in [-0.15, -0.1) is 11.3 Å². The molecule has 3 heterocycles. The van der Waals surface area contributed by atoms with Gasteiger partial charge in [0.15, 0.2) is 0 Å². The number of thiazole rings is 1. The van der Waals surface area contributed by atoms with Crippen LogP contribution < -0.4 is 0 Å². The molecule has 0 aliphatic carbocycles. The number of aryl methyl sites for hydroxylation is 1. The molecule has 1 N–H and O–H groups in total. The maximum Gasteiger partial charge on any atom is 0.338 e. The summed E-state index contributed by atoms with van der Waals surface area (Å²) in [5.74, 6) is -0.929. The van der Waals surface area contributed by atoms with Crippen molar-refractivity contribution in [1.82, 2.24) is 19.7 Å². The first-order chi connectivity index (χ1) is 11.6. The molecule has 1 amide bonds. The van der Waals surface area contributed by atoms with E-state index in [2.05, 4.69) is 17.0 Å². The summed E-state index contributed by atoms with van der Waals surface area (Å²) in [6.07, 6.45) is 8.08. The molecule has 0 saturated carbocycles. The lowest BCUT2D eigenvalue weighted by Gasteiger charge is -2.31. The van der Waals surface area contributed by atoms with Crippen molar-refractivity contribution >= 4 is 23.2 Å². The molecule has 0 unspecified atom stereocenters. The molecule has 1 fully saturated rings. The number of nitrogens with zero attached hydrogens (tertiary/aromatic N) is 4. The summed E-state index contributed by atoms with van der Waals surface area (Å²) in [5.41, 5.74) is 0.196. The third-order valence-electron chi connectivity index (χ3n) is 4.20. The van der Waals surface area contributed by atoms with Gasteiger partial charge < -0.3 is 10.0 Å². The molecule has 1 saturated heterocycles. The largest absolute Gasteiger partial charge is 0.478 e. The van der Waals surface area contributed by atoms with Crippen molar-refractivity contribution in [3.8, 4) is 0 Å². The fraction of sp³-hybridized carbons (Fsp3) is 0.500. The summed E-state index contributed by atoms with van der Waals surface area (Å²) < 4.78 is 1.71. The highest BCUT2D eigenvalue weighted by Crippen LogP contribution is 2.25. The van der Waals surface area contributed by atoms with Crippen LogP contribution in [0.4, 0.5) is 0 Å². The number of carboxylic acid groups (broad SMARTS) is 1. The number of hydrogen-bond acceptors (Lipinski definition) is 5. The maximum absolute atomic E-state index is 12.6. The number of likely N-dealkylation sites (tertiary alicyclic amines) is 1. The van der Waals surface area contributed by atoms with E-state index in [1.807, 2.05) is 4.90 Å². The summed E-state index contributed by atoms with van der Waals surface area (Å²) in [5, 5.41) is 14.1. The lowest BCUT2D eigenvalue weighted by molar-refractivity contribution is 0.0691. The van der Waals surface area contributed by atoms with Crippen molar-refractivity contribution in [1.29, 1.82) is 0 Å². The third-order valence-corrected chi connectivity index (χ3v) is 5.25. The lowest BCUT2D eigenvalue weighted by atomic mass is 10.1. The van der Waals surface area contributed by atoms with E-state index >= 15 is 0 Å². The predicted octanol–water partition coefficient (Wildman–Crippen LogP) is 2.47. The van der Waals surface area contributed by atoms with Crippen molar-refractivity contribution in [3.05, 3.63) is 34.0 Å². The van der Waals surface area contributed by atoms with E-state index in [0.29, 0.717) is 18.0 Å². The van der Waals surface area contributed by atoms with Gasteiger partial charge in [-0.25, -0.2) is 9.78 Å². The fourth-order valence-electron chi connectivity index (χ4n) is 2.88. The van der Waals surface area contributed by atoms with E-state index in [4.69, 9.17) is 5.11 Å². The van der Waals surface area contributed by atoms with Gasteiger partial charge in [0.05, 0.1) is 29.0 Å². The monoisotopic (exact) mass is 348 g/mol. The van der Waals surface area contributed by atoms with Crippen molar-refractivity contribution in [2.24, 2.45) is 0 Å². The highest BCUT2D eigenvalue weighted by molar-refractivity contribution is 7.13. The van der Waals surface area contributed by atoms with Crippen LogP contribution in [0.25, 0.3) is 0 Å². The van der Waals surface area contributed by atoms with Gasteiger partial charge in [-0.1, -0.05) is 6.92 Å². The van der Waals surface area contributed by atoms with Crippen LogP contribution in [0.5, 0.6) is 0 Å². The number of amides is 1. The summed E-state index contributed by atoms with van der Waals surface area (Å²) in [7, 11) is 0. The zero-order valence-electron chi connectivity index (χ0n) is 13.5. The summed E-state index contributed by atoms with van der Waals surface area (Å²) >= 11 is 1.48. The summed E-state index contributed by atoms with van der Waals surface area (Å²) in [4.78, 5) is 30.3. The Morgan fingerprint density at radius 3 is 2.71 bits per heavy atom. The molecule has 0 bridgehead atoms. The normalized spacial score (nSPS) is 15.6. The van der Waals surface area contributed by atoms with Gasteiger partial charge in [-0.05, 0) is 25.7 Å². The molecule has 0 spiro atoms. The molecule has 2 aromatic rings. The first kappa shape index (κ1) is 16.6. The topological polar surface area (TPSA) is 88.3 Å². The molecule has 24 heavy (non-hydrogen) atoms. The van der Waals surface area contributed by atoms with Gasteiger partial charge in [0.1, 0.15) is 4.88 Å². The van der Waals surface area contributed by atoms with Gasteiger partial charge in [0.2, 0.25) is 0 Å². The number of rotatable bonds is 5. The number of piperidine rings is 1. The molecule has 128 valence electrons. The average molecular weight is 348 g/mol. The number of hydrogen-bond donors (Lipinski definition) is 1. The minimum absolute atomic E-state index is 0.0417. The predicted molar refractivity (Wildman–Crippen MR) is 89.5 cm³/mol. The smallest absolute Gasteiger partial charge is 0.338 e.